The van der Waals surface area contributed by atoms with Crippen LogP contribution < -0.4 is 16.0 Å². The molecule has 0 aromatic heterocycles. The van der Waals surface area contributed by atoms with E-state index in [1.54, 1.807) is 0 Å². The van der Waals surface area contributed by atoms with E-state index in [4.69, 9.17) is 10.5 Å². The van der Waals surface area contributed by atoms with Crippen LogP contribution in [0.25, 0.3) is 0 Å². The Morgan fingerprint density at radius 1 is 1.05 bits per heavy atom. The number of nitrogens with two attached hydrogens (primary N) is 1. The van der Waals surface area contributed by atoms with Crippen LogP contribution in [-0.2, 0) is 4.74 Å². The second kappa shape index (κ2) is 6.37. The molecule has 1 aliphatic rings. The summed E-state index contributed by atoms with van der Waals surface area (Å²) >= 11 is 3.52. The number of morpholine rings is 1. The van der Waals surface area contributed by atoms with Crippen molar-refractivity contribution in [1.82, 2.24) is 0 Å². The molecule has 2 aromatic rings. The fourth-order valence-electron chi connectivity index (χ4n) is 2.37. The molecule has 0 bridgehead atoms. The zero-order chi connectivity index (χ0) is 14.7. The van der Waals surface area contributed by atoms with E-state index in [1.807, 2.05) is 18.2 Å². The van der Waals surface area contributed by atoms with Gasteiger partial charge in [0.2, 0.25) is 0 Å². The van der Waals surface area contributed by atoms with Crippen molar-refractivity contribution in [3.63, 3.8) is 0 Å². The third-order valence-corrected chi connectivity index (χ3v) is 4.17. The third kappa shape index (κ3) is 3.49. The number of nitrogen functional groups attached to an aromatic ring is 1. The van der Waals surface area contributed by atoms with Gasteiger partial charge in [0.1, 0.15) is 0 Å². The third-order valence-electron chi connectivity index (χ3n) is 3.52. The van der Waals surface area contributed by atoms with Crippen molar-refractivity contribution in [2.45, 2.75) is 0 Å². The van der Waals surface area contributed by atoms with Crippen LogP contribution in [0.1, 0.15) is 0 Å². The van der Waals surface area contributed by atoms with E-state index < -0.39 is 0 Å². The molecule has 5 heteroatoms. The Kier molecular flexibility index (Phi) is 4.31. The average Bonchev–Trinajstić information content (AvgIpc) is 2.52. The van der Waals surface area contributed by atoms with E-state index >= 15 is 0 Å². The maximum absolute atomic E-state index is 5.75. The SMILES string of the molecule is Nc1ccc(Nc2ccc(N3CCOCC3)cc2)c(Br)c1. The van der Waals surface area contributed by atoms with E-state index in [0.29, 0.717) is 0 Å². The number of halogens is 1. The predicted molar refractivity (Wildman–Crippen MR) is 91.3 cm³/mol. The minimum atomic E-state index is 0.745. The number of nitrogens with one attached hydrogen (secondary N) is 1. The summed E-state index contributed by atoms with van der Waals surface area (Å²) in [5.74, 6) is 0. The lowest BCUT2D eigenvalue weighted by atomic mass is 10.2. The first-order chi connectivity index (χ1) is 10.2. The van der Waals surface area contributed by atoms with Crippen LogP contribution in [0.5, 0.6) is 0 Å². The summed E-state index contributed by atoms with van der Waals surface area (Å²) in [6, 6.07) is 14.2. The second-order valence-corrected chi connectivity index (χ2v) is 5.86. The normalized spacial score (nSPS) is 15.0. The van der Waals surface area contributed by atoms with Crippen LogP contribution in [0.15, 0.2) is 46.9 Å². The quantitative estimate of drug-likeness (QED) is 0.832. The molecule has 0 aliphatic carbocycles. The zero-order valence-corrected chi connectivity index (χ0v) is 13.3. The van der Waals surface area contributed by atoms with Gasteiger partial charge in [0.15, 0.2) is 0 Å². The largest absolute Gasteiger partial charge is 0.399 e. The minimum Gasteiger partial charge on any atom is -0.399 e. The molecule has 0 unspecified atom stereocenters. The molecule has 0 amide bonds. The Morgan fingerprint density at radius 3 is 2.43 bits per heavy atom. The number of nitrogens with zero attached hydrogens (tertiary/aromatic N) is 1. The Morgan fingerprint density at radius 2 is 1.76 bits per heavy atom. The lowest BCUT2D eigenvalue weighted by Crippen LogP contribution is -2.36. The Labute approximate surface area is 133 Å². The van der Waals surface area contributed by atoms with Gasteiger partial charge in [-0.2, -0.15) is 0 Å². The molecule has 0 saturated carbocycles. The van der Waals surface area contributed by atoms with Crippen LogP contribution in [-0.4, -0.2) is 26.3 Å². The van der Waals surface area contributed by atoms with Crippen molar-refractivity contribution in [1.29, 1.82) is 0 Å². The summed E-state index contributed by atoms with van der Waals surface area (Å²) in [5.41, 5.74) is 9.79. The first-order valence-electron chi connectivity index (χ1n) is 6.97. The number of ether oxygens (including phenoxy) is 1. The van der Waals surface area contributed by atoms with Crippen LogP contribution in [0.2, 0.25) is 0 Å². The van der Waals surface area contributed by atoms with Crippen molar-refractivity contribution in [3.05, 3.63) is 46.9 Å². The van der Waals surface area contributed by atoms with E-state index in [1.165, 1.54) is 5.69 Å². The summed E-state index contributed by atoms with van der Waals surface area (Å²) in [7, 11) is 0. The van der Waals surface area contributed by atoms with Crippen LogP contribution in [0, 0.1) is 0 Å². The topological polar surface area (TPSA) is 50.5 Å². The van der Waals surface area contributed by atoms with E-state index in [2.05, 4.69) is 50.4 Å². The van der Waals surface area contributed by atoms with Crippen molar-refractivity contribution < 1.29 is 4.74 Å². The van der Waals surface area contributed by atoms with Gasteiger partial charge in [-0.05, 0) is 58.4 Å². The highest BCUT2D eigenvalue weighted by molar-refractivity contribution is 9.10. The van der Waals surface area contributed by atoms with E-state index in [9.17, 15) is 0 Å². The molecule has 110 valence electrons. The lowest BCUT2D eigenvalue weighted by molar-refractivity contribution is 0.122. The molecule has 3 N–H and O–H groups in total. The van der Waals surface area contributed by atoms with E-state index in [-0.39, 0.29) is 0 Å². The molecule has 21 heavy (non-hydrogen) atoms. The highest BCUT2D eigenvalue weighted by atomic mass is 79.9. The zero-order valence-electron chi connectivity index (χ0n) is 11.7. The molecule has 1 fully saturated rings. The standard InChI is InChI=1S/C16H18BrN3O/c17-15-11-12(18)1-6-16(15)19-13-2-4-14(5-3-13)20-7-9-21-10-8-20/h1-6,11,19H,7-10,18H2. The molecule has 1 saturated heterocycles. The molecule has 0 radical (unpaired) electrons. The van der Waals surface area contributed by atoms with Gasteiger partial charge in [-0.25, -0.2) is 0 Å². The number of rotatable bonds is 3. The van der Waals surface area contributed by atoms with Gasteiger partial charge >= 0.3 is 0 Å². The number of anilines is 4. The van der Waals surface area contributed by atoms with Gasteiger partial charge in [0.25, 0.3) is 0 Å². The van der Waals surface area contributed by atoms with Gasteiger partial charge in [0.05, 0.1) is 18.9 Å². The summed E-state index contributed by atoms with van der Waals surface area (Å²) in [4.78, 5) is 2.34. The van der Waals surface area contributed by atoms with Gasteiger partial charge in [-0.3, -0.25) is 0 Å². The first kappa shape index (κ1) is 14.2. The van der Waals surface area contributed by atoms with Gasteiger partial charge in [-0.15, -0.1) is 0 Å². The van der Waals surface area contributed by atoms with Gasteiger partial charge in [0, 0.05) is 34.6 Å². The van der Waals surface area contributed by atoms with Crippen molar-refractivity contribution in [2.24, 2.45) is 0 Å². The fraction of sp³-hybridized carbons (Fsp3) is 0.250. The molecule has 1 aliphatic heterocycles. The monoisotopic (exact) mass is 347 g/mol. The summed E-state index contributed by atoms with van der Waals surface area (Å²) in [5, 5.41) is 3.38. The molecular weight excluding hydrogens is 330 g/mol. The lowest BCUT2D eigenvalue weighted by Gasteiger charge is -2.29. The maximum atomic E-state index is 5.75. The Bertz CT molecular complexity index is 609. The van der Waals surface area contributed by atoms with Crippen molar-refractivity contribution in [2.75, 3.05) is 42.3 Å². The first-order valence-corrected chi connectivity index (χ1v) is 7.76. The van der Waals surface area contributed by atoms with Crippen molar-refractivity contribution >= 4 is 38.7 Å². The van der Waals surface area contributed by atoms with E-state index in [0.717, 1.165) is 47.8 Å². The molecule has 1 heterocycles. The number of hydrogen-bond acceptors (Lipinski definition) is 4. The molecular formula is C16H18BrN3O. The molecule has 2 aromatic carbocycles. The Hall–Kier alpha value is -1.72. The number of benzene rings is 2. The average molecular weight is 348 g/mol. The molecule has 4 nitrogen and oxygen atoms in total. The van der Waals surface area contributed by atoms with Crippen LogP contribution in [0.4, 0.5) is 22.7 Å². The maximum Gasteiger partial charge on any atom is 0.0642 e. The second-order valence-electron chi connectivity index (χ2n) is 5.01. The summed E-state index contributed by atoms with van der Waals surface area (Å²) in [6.45, 7) is 3.52. The van der Waals surface area contributed by atoms with Crippen LogP contribution >= 0.6 is 15.9 Å². The smallest absolute Gasteiger partial charge is 0.0642 e. The summed E-state index contributed by atoms with van der Waals surface area (Å²) < 4.78 is 6.34. The Balaban J connectivity index is 1.71. The minimum absolute atomic E-state index is 0.745. The number of hydrogen-bond donors (Lipinski definition) is 2. The highest BCUT2D eigenvalue weighted by Crippen LogP contribution is 2.28. The van der Waals surface area contributed by atoms with Gasteiger partial charge in [-0.1, -0.05) is 0 Å². The van der Waals surface area contributed by atoms with Crippen LogP contribution in [0.3, 0.4) is 0 Å². The molecule has 0 atom stereocenters. The van der Waals surface area contributed by atoms with Crippen molar-refractivity contribution in [3.8, 4) is 0 Å². The molecule has 3 rings (SSSR count). The fourth-order valence-corrected chi connectivity index (χ4v) is 2.86. The predicted octanol–water partition coefficient (Wildman–Crippen LogP) is 3.61. The molecule has 0 spiro atoms. The van der Waals surface area contributed by atoms with Gasteiger partial charge < -0.3 is 20.7 Å². The summed E-state index contributed by atoms with van der Waals surface area (Å²) in [6.07, 6.45) is 0. The highest BCUT2D eigenvalue weighted by Gasteiger charge is 2.10.